The third-order valence-electron chi connectivity index (χ3n) is 2.97. The molecule has 102 valence electrons. The van der Waals surface area contributed by atoms with E-state index in [-0.39, 0.29) is 12.0 Å². The van der Waals surface area contributed by atoms with Crippen molar-refractivity contribution in [3.05, 3.63) is 17.0 Å². The van der Waals surface area contributed by atoms with Gasteiger partial charge in [-0.15, -0.1) is 0 Å². The zero-order valence-corrected chi connectivity index (χ0v) is 11.7. The van der Waals surface area contributed by atoms with Crippen molar-refractivity contribution in [3.8, 4) is 0 Å². The summed E-state index contributed by atoms with van der Waals surface area (Å²) in [6.45, 7) is 8.89. The topological polar surface area (TPSA) is 67.0 Å². The molecule has 1 aromatic rings. The molecule has 0 bridgehead atoms. The Bertz CT molecular complexity index is 368. The number of ether oxygens (including phenoxy) is 1. The second-order valence-corrected chi connectivity index (χ2v) is 4.40. The number of nitrogens with one attached hydrogen (secondary N) is 2. The molecular formula is C13H23N3O2. The maximum atomic E-state index is 11.6. The standard InChI is InChI=1S/C13H23N3O2/c1-5-18-11(4)13(17)14-8-6-7-12-9(2)15-16-10(12)3/h11H,5-8H2,1-4H3,(H,14,17)(H,15,16)/t11-/m1/s1. The van der Waals surface area contributed by atoms with E-state index in [0.29, 0.717) is 13.2 Å². The predicted molar refractivity (Wildman–Crippen MR) is 70.5 cm³/mol. The van der Waals surface area contributed by atoms with Gasteiger partial charge in [0, 0.05) is 18.8 Å². The number of aromatic amines is 1. The Hall–Kier alpha value is -1.36. The first-order valence-corrected chi connectivity index (χ1v) is 6.46. The van der Waals surface area contributed by atoms with Gasteiger partial charge in [-0.05, 0) is 46.1 Å². The maximum absolute atomic E-state index is 11.6. The summed E-state index contributed by atoms with van der Waals surface area (Å²) in [7, 11) is 0. The van der Waals surface area contributed by atoms with Crippen molar-refractivity contribution in [1.82, 2.24) is 15.5 Å². The molecular weight excluding hydrogens is 230 g/mol. The van der Waals surface area contributed by atoms with Crippen LogP contribution in [0.5, 0.6) is 0 Å². The van der Waals surface area contributed by atoms with E-state index in [2.05, 4.69) is 15.5 Å². The van der Waals surface area contributed by atoms with Crippen molar-refractivity contribution in [2.45, 2.75) is 46.6 Å². The average molecular weight is 253 g/mol. The van der Waals surface area contributed by atoms with E-state index in [9.17, 15) is 4.79 Å². The lowest BCUT2D eigenvalue weighted by Gasteiger charge is -2.11. The molecule has 1 rings (SSSR count). The van der Waals surface area contributed by atoms with Crippen molar-refractivity contribution in [2.24, 2.45) is 0 Å². The Balaban J connectivity index is 2.25. The van der Waals surface area contributed by atoms with Gasteiger partial charge in [-0.3, -0.25) is 9.89 Å². The van der Waals surface area contributed by atoms with Crippen LogP contribution < -0.4 is 5.32 Å². The molecule has 0 aromatic carbocycles. The summed E-state index contributed by atoms with van der Waals surface area (Å²) in [5.41, 5.74) is 3.41. The highest BCUT2D eigenvalue weighted by Gasteiger charge is 2.11. The maximum Gasteiger partial charge on any atom is 0.248 e. The molecule has 2 N–H and O–H groups in total. The van der Waals surface area contributed by atoms with Crippen LogP contribution in [0.2, 0.25) is 0 Å². The fraction of sp³-hybridized carbons (Fsp3) is 0.692. The van der Waals surface area contributed by atoms with Crippen molar-refractivity contribution in [3.63, 3.8) is 0 Å². The van der Waals surface area contributed by atoms with Crippen LogP contribution in [0.15, 0.2) is 0 Å². The number of amides is 1. The van der Waals surface area contributed by atoms with Crippen molar-refractivity contribution in [2.75, 3.05) is 13.2 Å². The molecule has 0 radical (unpaired) electrons. The normalized spacial score (nSPS) is 12.4. The molecule has 1 amide bonds. The third-order valence-corrected chi connectivity index (χ3v) is 2.97. The minimum absolute atomic E-state index is 0.0440. The molecule has 1 heterocycles. The summed E-state index contributed by atoms with van der Waals surface area (Å²) in [5, 5.41) is 9.99. The van der Waals surface area contributed by atoms with Crippen LogP contribution in [0.3, 0.4) is 0 Å². The fourth-order valence-electron chi connectivity index (χ4n) is 1.89. The van der Waals surface area contributed by atoms with Crippen LogP contribution in [0.25, 0.3) is 0 Å². The van der Waals surface area contributed by atoms with E-state index in [1.165, 1.54) is 5.56 Å². The molecule has 0 aliphatic heterocycles. The monoisotopic (exact) mass is 253 g/mol. The fourth-order valence-corrected chi connectivity index (χ4v) is 1.89. The van der Waals surface area contributed by atoms with Gasteiger partial charge in [-0.25, -0.2) is 0 Å². The lowest BCUT2D eigenvalue weighted by molar-refractivity contribution is -0.131. The number of H-pyrrole nitrogens is 1. The Morgan fingerprint density at radius 1 is 1.50 bits per heavy atom. The molecule has 0 spiro atoms. The van der Waals surface area contributed by atoms with E-state index >= 15 is 0 Å². The first-order valence-electron chi connectivity index (χ1n) is 6.46. The molecule has 0 aliphatic carbocycles. The number of nitrogens with zero attached hydrogens (tertiary/aromatic N) is 1. The van der Waals surface area contributed by atoms with Crippen molar-refractivity contribution in [1.29, 1.82) is 0 Å². The molecule has 0 unspecified atom stereocenters. The molecule has 18 heavy (non-hydrogen) atoms. The second kappa shape index (κ2) is 7.16. The van der Waals surface area contributed by atoms with Gasteiger partial charge in [0.1, 0.15) is 6.10 Å². The van der Waals surface area contributed by atoms with Crippen LogP contribution in [-0.2, 0) is 16.0 Å². The van der Waals surface area contributed by atoms with E-state index in [1.807, 2.05) is 20.8 Å². The van der Waals surface area contributed by atoms with Gasteiger partial charge in [0.25, 0.3) is 0 Å². The predicted octanol–water partition coefficient (Wildman–Crippen LogP) is 1.50. The number of hydrogen-bond donors (Lipinski definition) is 2. The molecule has 0 fully saturated rings. The first-order chi connectivity index (χ1) is 8.56. The van der Waals surface area contributed by atoms with Gasteiger partial charge >= 0.3 is 0 Å². The molecule has 0 saturated carbocycles. The molecule has 0 aliphatic rings. The first kappa shape index (κ1) is 14.7. The Kier molecular flexibility index (Phi) is 5.85. The van der Waals surface area contributed by atoms with Crippen LogP contribution >= 0.6 is 0 Å². The van der Waals surface area contributed by atoms with Crippen LogP contribution in [-0.4, -0.2) is 35.4 Å². The number of carbonyl (C=O) groups excluding carboxylic acids is 1. The van der Waals surface area contributed by atoms with Crippen LogP contribution in [0.1, 0.15) is 37.2 Å². The largest absolute Gasteiger partial charge is 0.369 e. The van der Waals surface area contributed by atoms with E-state index < -0.39 is 0 Å². The van der Waals surface area contributed by atoms with Gasteiger partial charge in [-0.2, -0.15) is 5.10 Å². The smallest absolute Gasteiger partial charge is 0.248 e. The Labute approximate surface area is 108 Å². The molecule has 5 nitrogen and oxygen atoms in total. The SMILES string of the molecule is CCO[C@H](C)C(=O)NCCCc1c(C)n[nH]c1C. The summed E-state index contributed by atoms with van der Waals surface area (Å²) in [4.78, 5) is 11.6. The average Bonchev–Trinajstić information content (AvgIpc) is 2.65. The van der Waals surface area contributed by atoms with E-state index in [4.69, 9.17) is 4.74 Å². The van der Waals surface area contributed by atoms with Crippen molar-refractivity contribution < 1.29 is 9.53 Å². The van der Waals surface area contributed by atoms with Gasteiger partial charge in [0.2, 0.25) is 5.91 Å². The second-order valence-electron chi connectivity index (χ2n) is 4.40. The Morgan fingerprint density at radius 3 is 2.78 bits per heavy atom. The van der Waals surface area contributed by atoms with Gasteiger partial charge in [-0.1, -0.05) is 0 Å². The van der Waals surface area contributed by atoms with Gasteiger partial charge < -0.3 is 10.1 Å². The molecule has 0 saturated heterocycles. The zero-order valence-electron chi connectivity index (χ0n) is 11.7. The highest BCUT2D eigenvalue weighted by atomic mass is 16.5. The lowest BCUT2D eigenvalue weighted by Crippen LogP contribution is -2.35. The minimum atomic E-state index is -0.368. The third kappa shape index (κ3) is 4.14. The zero-order chi connectivity index (χ0) is 13.5. The van der Waals surface area contributed by atoms with E-state index in [1.54, 1.807) is 6.92 Å². The van der Waals surface area contributed by atoms with Gasteiger partial charge in [0.15, 0.2) is 0 Å². The molecule has 1 atom stereocenters. The minimum Gasteiger partial charge on any atom is -0.369 e. The highest BCUT2D eigenvalue weighted by Crippen LogP contribution is 2.11. The van der Waals surface area contributed by atoms with E-state index in [0.717, 1.165) is 24.2 Å². The number of aryl methyl sites for hydroxylation is 2. The summed E-state index contributed by atoms with van der Waals surface area (Å²) in [6.07, 6.45) is 1.47. The molecule has 1 aromatic heterocycles. The lowest BCUT2D eigenvalue weighted by atomic mass is 10.1. The summed E-state index contributed by atoms with van der Waals surface area (Å²) in [5.74, 6) is -0.0440. The van der Waals surface area contributed by atoms with Crippen molar-refractivity contribution >= 4 is 5.91 Å². The summed E-state index contributed by atoms with van der Waals surface area (Å²) < 4.78 is 5.22. The van der Waals surface area contributed by atoms with Crippen LogP contribution in [0, 0.1) is 13.8 Å². The number of hydrogen-bond acceptors (Lipinski definition) is 3. The summed E-state index contributed by atoms with van der Waals surface area (Å²) >= 11 is 0. The Morgan fingerprint density at radius 2 is 2.22 bits per heavy atom. The number of aromatic nitrogens is 2. The summed E-state index contributed by atoms with van der Waals surface area (Å²) in [6, 6.07) is 0. The number of rotatable bonds is 7. The van der Waals surface area contributed by atoms with Crippen LogP contribution in [0.4, 0.5) is 0 Å². The molecule has 5 heteroatoms. The number of carbonyl (C=O) groups is 1. The quantitative estimate of drug-likeness (QED) is 0.724. The highest BCUT2D eigenvalue weighted by molar-refractivity contribution is 5.80. The van der Waals surface area contributed by atoms with Gasteiger partial charge in [0.05, 0.1) is 5.69 Å².